The van der Waals surface area contributed by atoms with Crippen molar-refractivity contribution in [3.8, 4) is 0 Å². The number of aliphatic hydroxyl groups excluding tert-OH is 2. The van der Waals surface area contributed by atoms with Crippen LogP contribution in [0, 0.1) is 35.0 Å². The summed E-state index contributed by atoms with van der Waals surface area (Å²) < 4.78 is 0. The van der Waals surface area contributed by atoms with E-state index in [-0.39, 0.29) is 23.4 Å². The molecular formula is C20H30O2. The van der Waals surface area contributed by atoms with Gasteiger partial charge in [0.2, 0.25) is 0 Å². The van der Waals surface area contributed by atoms with Crippen molar-refractivity contribution in [2.45, 2.75) is 53.6 Å². The van der Waals surface area contributed by atoms with Crippen molar-refractivity contribution < 1.29 is 10.2 Å². The molecule has 0 saturated heterocycles. The summed E-state index contributed by atoms with van der Waals surface area (Å²) >= 11 is 0. The highest BCUT2D eigenvalue weighted by Crippen LogP contribution is 2.66. The molecule has 22 heavy (non-hydrogen) atoms. The maximum absolute atomic E-state index is 10.7. The van der Waals surface area contributed by atoms with Crippen LogP contribution in [-0.2, 0) is 0 Å². The Kier molecular flexibility index (Phi) is 3.79. The summed E-state index contributed by atoms with van der Waals surface area (Å²) in [5.74, 6) is 2.14. The van der Waals surface area contributed by atoms with Gasteiger partial charge in [-0.15, -0.1) is 0 Å². The Morgan fingerprint density at radius 1 is 1.27 bits per heavy atom. The quantitative estimate of drug-likeness (QED) is 0.693. The Morgan fingerprint density at radius 3 is 2.59 bits per heavy atom. The van der Waals surface area contributed by atoms with Crippen molar-refractivity contribution >= 4 is 0 Å². The van der Waals surface area contributed by atoms with Crippen LogP contribution in [0.4, 0.5) is 0 Å². The van der Waals surface area contributed by atoms with E-state index in [1.807, 2.05) is 6.08 Å². The Bertz CT molecular complexity index is 552. The van der Waals surface area contributed by atoms with Gasteiger partial charge in [-0.25, -0.2) is 0 Å². The first-order valence-electron chi connectivity index (χ1n) is 8.70. The van der Waals surface area contributed by atoms with Gasteiger partial charge in [0.05, 0.1) is 11.9 Å². The largest absolute Gasteiger partial charge is 0.512 e. The molecule has 0 radical (unpaired) electrons. The monoisotopic (exact) mass is 302 g/mol. The highest BCUT2D eigenvalue weighted by molar-refractivity contribution is 5.37. The first-order valence-corrected chi connectivity index (χ1v) is 8.70. The van der Waals surface area contributed by atoms with Crippen molar-refractivity contribution in [3.05, 3.63) is 35.1 Å². The highest BCUT2D eigenvalue weighted by atomic mass is 16.3. The molecule has 2 fully saturated rings. The van der Waals surface area contributed by atoms with Gasteiger partial charge in [0.25, 0.3) is 0 Å². The molecule has 0 aromatic heterocycles. The van der Waals surface area contributed by atoms with E-state index in [0.29, 0.717) is 23.5 Å². The van der Waals surface area contributed by atoms with Crippen LogP contribution in [-0.4, -0.2) is 16.3 Å². The fourth-order valence-corrected chi connectivity index (χ4v) is 5.79. The maximum Gasteiger partial charge on any atom is 0.0968 e. The summed E-state index contributed by atoms with van der Waals surface area (Å²) in [6, 6.07) is 0. The number of hydrogen-bond donors (Lipinski definition) is 2. The number of allylic oxidation sites excluding steroid dienone is 6. The summed E-state index contributed by atoms with van der Waals surface area (Å²) in [7, 11) is 0. The van der Waals surface area contributed by atoms with Gasteiger partial charge >= 0.3 is 0 Å². The van der Waals surface area contributed by atoms with Gasteiger partial charge in [-0.05, 0) is 63.4 Å². The number of rotatable bonds is 1. The molecule has 2 nitrogen and oxygen atoms in total. The lowest BCUT2D eigenvalue weighted by atomic mass is 9.51. The molecule has 0 bridgehead atoms. The minimum Gasteiger partial charge on any atom is -0.512 e. The minimum atomic E-state index is -0.307. The predicted octanol–water partition coefficient (Wildman–Crippen LogP) is 4.63. The Morgan fingerprint density at radius 2 is 1.95 bits per heavy atom. The maximum atomic E-state index is 10.7. The second-order valence-corrected chi connectivity index (χ2v) is 8.27. The third-order valence-corrected chi connectivity index (χ3v) is 6.47. The van der Waals surface area contributed by atoms with Crippen LogP contribution in [0.3, 0.4) is 0 Å². The SMILES string of the molecule is CC(C)=C[C@H]1C[C@H](C)[C@H]2C[C@H](O)[C@H](C)[C@H]3C(O)=CC(C)=CC231. The number of hydrogen-bond acceptors (Lipinski definition) is 2. The summed E-state index contributed by atoms with van der Waals surface area (Å²) in [5, 5.41) is 21.3. The zero-order chi connectivity index (χ0) is 16.2. The second-order valence-electron chi connectivity index (χ2n) is 8.27. The molecule has 0 aromatic carbocycles. The van der Waals surface area contributed by atoms with E-state index in [1.165, 1.54) is 11.1 Å². The highest BCUT2D eigenvalue weighted by Gasteiger charge is 2.62. The van der Waals surface area contributed by atoms with Crippen LogP contribution in [0.1, 0.15) is 47.5 Å². The van der Waals surface area contributed by atoms with Crippen molar-refractivity contribution in [1.82, 2.24) is 0 Å². The molecule has 122 valence electrons. The van der Waals surface area contributed by atoms with E-state index in [9.17, 15) is 10.2 Å². The summed E-state index contributed by atoms with van der Waals surface area (Å²) in [6.45, 7) is 10.9. The molecule has 7 atom stereocenters. The van der Waals surface area contributed by atoms with Gasteiger partial charge in [-0.3, -0.25) is 0 Å². The molecule has 0 aromatic rings. The van der Waals surface area contributed by atoms with Gasteiger partial charge < -0.3 is 10.2 Å². The van der Waals surface area contributed by atoms with E-state index < -0.39 is 0 Å². The van der Waals surface area contributed by atoms with E-state index in [1.54, 1.807) is 0 Å². The summed E-state index contributed by atoms with van der Waals surface area (Å²) in [5.41, 5.74) is 2.51. The molecule has 0 heterocycles. The molecule has 0 aliphatic heterocycles. The van der Waals surface area contributed by atoms with Crippen molar-refractivity contribution in [3.63, 3.8) is 0 Å². The lowest BCUT2D eigenvalue weighted by Gasteiger charge is -2.54. The van der Waals surface area contributed by atoms with Crippen molar-refractivity contribution in [1.29, 1.82) is 0 Å². The first-order chi connectivity index (χ1) is 10.3. The van der Waals surface area contributed by atoms with Crippen LogP contribution in [0.25, 0.3) is 0 Å². The molecule has 3 rings (SSSR count). The molecule has 1 spiro atoms. The zero-order valence-corrected chi connectivity index (χ0v) is 14.5. The molecule has 3 aliphatic carbocycles. The Labute approximate surface area is 134 Å². The third-order valence-electron chi connectivity index (χ3n) is 6.47. The summed E-state index contributed by atoms with van der Waals surface area (Å²) in [4.78, 5) is 0. The topological polar surface area (TPSA) is 40.5 Å². The normalized spacial score (nSPS) is 47.2. The smallest absolute Gasteiger partial charge is 0.0968 e. The van der Waals surface area contributed by atoms with Crippen LogP contribution in [0.2, 0.25) is 0 Å². The average molecular weight is 302 g/mol. The minimum absolute atomic E-state index is 0.0156. The van der Waals surface area contributed by atoms with Crippen LogP contribution in [0.5, 0.6) is 0 Å². The van der Waals surface area contributed by atoms with Crippen LogP contribution >= 0.6 is 0 Å². The predicted molar refractivity (Wildman–Crippen MR) is 90.4 cm³/mol. The van der Waals surface area contributed by atoms with Gasteiger partial charge in [0.1, 0.15) is 0 Å². The fraction of sp³-hybridized carbons (Fsp3) is 0.700. The van der Waals surface area contributed by atoms with Gasteiger partial charge in [0, 0.05) is 11.3 Å². The van der Waals surface area contributed by atoms with Crippen molar-refractivity contribution in [2.75, 3.05) is 0 Å². The van der Waals surface area contributed by atoms with E-state index in [0.717, 1.165) is 12.8 Å². The molecule has 1 unspecified atom stereocenters. The van der Waals surface area contributed by atoms with Gasteiger partial charge in [-0.1, -0.05) is 37.1 Å². The Hall–Kier alpha value is -1.02. The average Bonchev–Trinajstić information content (AvgIpc) is 2.62. The molecule has 2 saturated carbocycles. The van der Waals surface area contributed by atoms with Crippen LogP contribution < -0.4 is 0 Å². The van der Waals surface area contributed by atoms with Crippen molar-refractivity contribution in [2.24, 2.45) is 35.0 Å². The fourth-order valence-electron chi connectivity index (χ4n) is 5.79. The lowest BCUT2D eigenvalue weighted by molar-refractivity contribution is -0.0648. The zero-order valence-electron chi connectivity index (χ0n) is 14.5. The lowest BCUT2D eigenvalue weighted by Crippen LogP contribution is -2.52. The van der Waals surface area contributed by atoms with E-state index in [2.05, 4.69) is 46.8 Å². The molecular weight excluding hydrogens is 272 g/mol. The Balaban J connectivity index is 2.18. The number of aliphatic hydroxyl groups is 2. The van der Waals surface area contributed by atoms with Crippen LogP contribution in [0.15, 0.2) is 35.1 Å². The first kappa shape index (κ1) is 15.9. The standard InChI is InChI=1S/C20H30O2/c1-11(2)6-15-8-13(4)16-9-17(21)14(5)19-18(22)7-12(3)10-20(15,16)19/h6-7,10,13-17,19,21-22H,8-9H2,1-5H3/t13-,14-,15-,16+,17-,19-,20?/m0/s1. The van der Waals surface area contributed by atoms with Gasteiger partial charge in [-0.2, -0.15) is 0 Å². The second kappa shape index (κ2) is 5.26. The summed E-state index contributed by atoms with van der Waals surface area (Å²) in [6.07, 6.45) is 8.46. The molecule has 3 aliphatic rings. The van der Waals surface area contributed by atoms with Gasteiger partial charge in [0.15, 0.2) is 0 Å². The molecule has 2 N–H and O–H groups in total. The van der Waals surface area contributed by atoms with E-state index in [4.69, 9.17) is 0 Å². The third kappa shape index (κ3) is 2.11. The molecule has 2 heteroatoms. The van der Waals surface area contributed by atoms with E-state index >= 15 is 0 Å². The molecule has 0 amide bonds.